The molecule has 3 aromatic carbocycles. The second kappa shape index (κ2) is 8.57. The molecule has 0 saturated carbocycles. The fourth-order valence-corrected chi connectivity index (χ4v) is 3.39. The summed E-state index contributed by atoms with van der Waals surface area (Å²) < 4.78 is 0. The summed E-state index contributed by atoms with van der Waals surface area (Å²) in [6, 6.07) is 23.9. The number of nitrogens with zero attached hydrogens (tertiary/aromatic N) is 2. The van der Waals surface area contributed by atoms with Crippen molar-refractivity contribution >= 4 is 28.2 Å². The molecule has 0 atom stereocenters. The smallest absolute Gasteiger partial charge is 0.321 e. The molecule has 0 radical (unpaired) electrons. The van der Waals surface area contributed by atoms with Gasteiger partial charge in [-0.3, -0.25) is 0 Å². The highest BCUT2D eigenvalue weighted by Crippen LogP contribution is 2.19. The molecule has 1 aliphatic rings. The van der Waals surface area contributed by atoms with E-state index in [1.807, 2.05) is 53.4 Å². The monoisotopic (exact) mass is 373 g/mol. The molecular weight excluding hydrogens is 350 g/mol. The Balaban J connectivity index is 1.29. The van der Waals surface area contributed by atoms with Gasteiger partial charge in [0.05, 0.1) is 5.71 Å². The number of para-hydroxylation sites is 1. The zero-order valence-corrected chi connectivity index (χ0v) is 15.7. The minimum atomic E-state index is -0.0677. The van der Waals surface area contributed by atoms with Crippen LogP contribution in [0, 0.1) is 0 Å². The number of piperidine rings is 1. The number of hydrogen-bond donors (Lipinski definition) is 1. The maximum Gasteiger partial charge on any atom is 0.321 e. The van der Waals surface area contributed by atoms with Crippen LogP contribution >= 0.6 is 0 Å². The van der Waals surface area contributed by atoms with E-state index in [1.165, 1.54) is 10.8 Å². The van der Waals surface area contributed by atoms with Gasteiger partial charge < -0.3 is 15.1 Å². The first kappa shape index (κ1) is 18.0. The molecule has 28 heavy (non-hydrogen) atoms. The van der Waals surface area contributed by atoms with Crippen molar-refractivity contribution in [3.05, 3.63) is 78.4 Å². The highest BCUT2D eigenvalue weighted by atomic mass is 16.6. The molecule has 5 nitrogen and oxygen atoms in total. The first-order valence-corrected chi connectivity index (χ1v) is 9.55. The number of hydrogen-bond acceptors (Lipinski definition) is 3. The van der Waals surface area contributed by atoms with Crippen molar-refractivity contribution in [2.45, 2.75) is 19.4 Å². The summed E-state index contributed by atoms with van der Waals surface area (Å²) in [5, 5.41) is 9.64. The Kier molecular flexibility index (Phi) is 5.52. The molecule has 0 aliphatic carbocycles. The van der Waals surface area contributed by atoms with Gasteiger partial charge in [0.15, 0.2) is 0 Å². The highest BCUT2D eigenvalue weighted by Gasteiger charge is 2.20. The Hall–Kier alpha value is -3.34. The second-order valence-corrected chi connectivity index (χ2v) is 6.85. The Morgan fingerprint density at radius 3 is 2.46 bits per heavy atom. The number of anilines is 1. The summed E-state index contributed by atoms with van der Waals surface area (Å²) in [4.78, 5) is 19.8. The predicted molar refractivity (Wildman–Crippen MR) is 112 cm³/mol. The molecule has 2 amide bonds. The lowest BCUT2D eigenvalue weighted by molar-refractivity contribution is 0.128. The van der Waals surface area contributed by atoms with E-state index in [1.54, 1.807) is 0 Å². The van der Waals surface area contributed by atoms with Crippen LogP contribution in [-0.2, 0) is 11.4 Å². The Bertz CT molecular complexity index is 970. The number of carbonyl (C=O) groups is 1. The zero-order chi connectivity index (χ0) is 19.2. The average molecular weight is 373 g/mol. The number of carbonyl (C=O) groups excluding carboxylic acids is 1. The first-order valence-electron chi connectivity index (χ1n) is 9.55. The number of urea groups is 1. The fraction of sp³-hybridized carbons (Fsp3) is 0.217. The van der Waals surface area contributed by atoms with E-state index in [-0.39, 0.29) is 6.03 Å². The van der Waals surface area contributed by atoms with E-state index < -0.39 is 0 Å². The van der Waals surface area contributed by atoms with Gasteiger partial charge in [-0.2, -0.15) is 0 Å². The lowest BCUT2D eigenvalue weighted by Crippen LogP contribution is -2.41. The maximum absolute atomic E-state index is 12.3. The van der Waals surface area contributed by atoms with E-state index in [2.05, 4.69) is 34.7 Å². The van der Waals surface area contributed by atoms with E-state index in [0.717, 1.165) is 29.8 Å². The standard InChI is InChI=1S/C23H23N3O2/c27-23(24-20-10-2-1-3-11-20)26-15-13-21(14-16-26)25-28-17-19-9-6-8-18-7-4-5-12-22(18)19/h1-12H,13-17H2,(H,24,27). The van der Waals surface area contributed by atoms with Crippen LogP contribution in [0.3, 0.4) is 0 Å². The van der Waals surface area contributed by atoms with E-state index in [4.69, 9.17) is 4.84 Å². The summed E-state index contributed by atoms with van der Waals surface area (Å²) in [5.74, 6) is 0. The predicted octanol–water partition coefficient (Wildman–Crippen LogP) is 5.04. The Morgan fingerprint density at radius 1 is 0.929 bits per heavy atom. The largest absolute Gasteiger partial charge is 0.391 e. The Labute approximate surface area is 164 Å². The minimum absolute atomic E-state index is 0.0677. The van der Waals surface area contributed by atoms with Gasteiger partial charge >= 0.3 is 6.03 Å². The molecule has 1 aliphatic heterocycles. The molecule has 1 fully saturated rings. The number of oxime groups is 1. The zero-order valence-electron chi connectivity index (χ0n) is 15.7. The van der Waals surface area contributed by atoms with Gasteiger partial charge in [0.1, 0.15) is 6.61 Å². The molecule has 5 heteroatoms. The number of rotatable bonds is 4. The van der Waals surface area contributed by atoms with Crippen molar-refractivity contribution in [2.75, 3.05) is 18.4 Å². The summed E-state index contributed by atoms with van der Waals surface area (Å²) in [6.45, 7) is 1.74. The molecule has 0 unspecified atom stereocenters. The van der Waals surface area contributed by atoms with Crippen molar-refractivity contribution in [1.82, 2.24) is 4.90 Å². The number of nitrogens with one attached hydrogen (secondary N) is 1. The molecule has 1 saturated heterocycles. The van der Waals surface area contributed by atoms with Crippen LogP contribution in [0.5, 0.6) is 0 Å². The third-order valence-electron chi connectivity index (χ3n) is 4.95. The van der Waals surface area contributed by atoms with Crippen LogP contribution in [0.15, 0.2) is 78.0 Å². The van der Waals surface area contributed by atoms with E-state index >= 15 is 0 Å². The average Bonchev–Trinajstić information content (AvgIpc) is 2.75. The summed E-state index contributed by atoms with van der Waals surface area (Å²) in [6.07, 6.45) is 1.47. The minimum Gasteiger partial charge on any atom is -0.391 e. The lowest BCUT2D eigenvalue weighted by atomic mass is 10.1. The second-order valence-electron chi connectivity index (χ2n) is 6.85. The molecule has 142 valence electrons. The van der Waals surface area contributed by atoms with Crippen LogP contribution in [0.2, 0.25) is 0 Å². The number of fused-ring (bicyclic) bond motifs is 1. The molecule has 1 N–H and O–H groups in total. The van der Waals surface area contributed by atoms with Crippen molar-refractivity contribution < 1.29 is 9.63 Å². The third-order valence-corrected chi connectivity index (χ3v) is 4.95. The molecule has 0 aromatic heterocycles. The van der Waals surface area contributed by atoms with Crippen molar-refractivity contribution in [2.24, 2.45) is 5.16 Å². The number of benzene rings is 3. The number of amides is 2. The molecular formula is C23H23N3O2. The molecule has 0 spiro atoms. The Morgan fingerprint density at radius 2 is 1.64 bits per heavy atom. The van der Waals surface area contributed by atoms with Crippen LogP contribution in [0.25, 0.3) is 10.8 Å². The van der Waals surface area contributed by atoms with E-state index in [0.29, 0.717) is 19.7 Å². The van der Waals surface area contributed by atoms with Crippen LogP contribution in [0.4, 0.5) is 10.5 Å². The van der Waals surface area contributed by atoms with Gasteiger partial charge in [0, 0.05) is 31.6 Å². The van der Waals surface area contributed by atoms with Gasteiger partial charge in [-0.15, -0.1) is 0 Å². The maximum atomic E-state index is 12.3. The number of likely N-dealkylation sites (tertiary alicyclic amines) is 1. The van der Waals surface area contributed by atoms with Crippen LogP contribution in [0.1, 0.15) is 18.4 Å². The van der Waals surface area contributed by atoms with Crippen LogP contribution in [-0.4, -0.2) is 29.7 Å². The summed E-state index contributed by atoms with van der Waals surface area (Å²) >= 11 is 0. The highest BCUT2D eigenvalue weighted by molar-refractivity contribution is 5.92. The van der Waals surface area contributed by atoms with Gasteiger partial charge in [0.25, 0.3) is 0 Å². The molecule has 3 aromatic rings. The topological polar surface area (TPSA) is 53.9 Å². The SMILES string of the molecule is O=C(Nc1ccccc1)N1CCC(=NOCc2cccc3ccccc23)CC1. The normalized spacial score (nSPS) is 14.0. The van der Waals surface area contributed by atoms with E-state index in [9.17, 15) is 4.79 Å². The first-order chi connectivity index (χ1) is 13.8. The molecule has 4 rings (SSSR count). The quantitative estimate of drug-likeness (QED) is 0.651. The molecule has 1 heterocycles. The third kappa shape index (κ3) is 4.31. The van der Waals surface area contributed by atoms with Crippen molar-refractivity contribution in [1.29, 1.82) is 0 Å². The van der Waals surface area contributed by atoms with Gasteiger partial charge in [-0.05, 0) is 28.5 Å². The van der Waals surface area contributed by atoms with Crippen LogP contribution < -0.4 is 5.32 Å². The van der Waals surface area contributed by atoms with Crippen molar-refractivity contribution in [3.8, 4) is 0 Å². The lowest BCUT2D eigenvalue weighted by Gasteiger charge is -2.27. The van der Waals surface area contributed by atoms with Gasteiger partial charge in [-0.1, -0.05) is 65.8 Å². The molecule has 0 bridgehead atoms. The van der Waals surface area contributed by atoms with Gasteiger partial charge in [-0.25, -0.2) is 4.79 Å². The van der Waals surface area contributed by atoms with Gasteiger partial charge in [0.2, 0.25) is 0 Å². The van der Waals surface area contributed by atoms with Crippen molar-refractivity contribution in [3.63, 3.8) is 0 Å². The summed E-state index contributed by atoms with van der Waals surface area (Å²) in [7, 11) is 0. The summed E-state index contributed by atoms with van der Waals surface area (Å²) in [5.41, 5.74) is 2.94. The fourth-order valence-electron chi connectivity index (χ4n) is 3.39.